The average molecular weight is 713 g/mol. The molecular weight excluding hydrogens is 664 g/mol. The molecule has 2 fully saturated rings. The van der Waals surface area contributed by atoms with Crippen molar-refractivity contribution in [3.8, 4) is 33.9 Å². The Labute approximate surface area is 303 Å². The number of methoxy groups -OCH3 is 1. The number of carboxylic acid groups (broad SMARTS) is 1. The van der Waals surface area contributed by atoms with E-state index in [9.17, 15) is 19.5 Å². The third-order valence-corrected chi connectivity index (χ3v) is 10.1. The van der Waals surface area contributed by atoms with Crippen LogP contribution in [0.2, 0.25) is 0 Å². The number of hydrogen-bond donors (Lipinski definition) is 5. The number of benzene rings is 1. The number of ether oxygens (including phenoxy) is 1. The van der Waals surface area contributed by atoms with Gasteiger partial charge in [-0.25, -0.2) is 29.5 Å². The molecule has 5 heterocycles. The van der Waals surface area contributed by atoms with Gasteiger partial charge in [0.2, 0.25) is 5.91 Å². The fourth-order valence-electron chi connectivity index (χ4n) is 7.10. The maximum Gasteiger partial charge on any atom is 0.407 e. The van der Waals surface area contributed by atoms with E-state index in [-0.39, 0.29) is 35.9 Å². The van der Waals surface area contributed by atoms with Crippen molar-refractivity contribution in [2.45, 2.75) is 77.5 Å². The lowest BCUT2D eigenvalue weighted by Gasteiger charge is -2.30. The van der Waals surface area contributed by atoms with E-state index in [1.54, 1.807) is 29.7 Å². The van der Waals surface area contributed by atoms with Gasteiger partial charge in [0.25, 0.3) is 0 Å². The molecule has 1 unspecified atom stereocenters. The highest BCUT2D eigenvalue weighted by atomic mass is 16.5. The lowest BCUT2D eigenvalue weighted by atomic mass is 10.0. The van der Waals surface area contributed by atoms with Crippen molar-refractivity contribution in [1.29, 1.82) is 0 Å². The Morgan fingerprint density at radius 1 is 0.808 bits per heavy atom. The molecule has 52 heavy (non-hydrogen) atoms. The minimum Gasteiger partial charge on any atom is -0.465 e. The zero-order valence-electron chi connectivity index (χ0n) is 30.3. The number of carbonyl (C=O) groups is 3. The topological polar surface area (TPSA) is 194 Å². The highest BCUT2D eigenvalue weighted by Crippen LogP contribution is 2.34. The van der Waals surface area contributed by atoms with Crippen LogP contribution in [0.3, 0.4) is 0 Å². The number of imidazole rings is 2. The van der Waals surface area contributed by atoms with Gasteiger partial charge in [-0.3, -0.25) is 9.69 Å². The van der Waals surface area contributed by atoms with Gasteiger partial charge in [-0.1, -0.05) is 52.0 Å². The highest BCUT2D eigenvalue weighted by molar-refractivity contribution is 5.86. The molecule has 2 aliphatic heterocycles. The van der Waals surface area contributed by atoms with Crippen LogP contribution in [0.4, 0.5) is 9.59 Å². The molecule has 2 saturated heterocycles. The second-order valence-corrected chi connectivity index (χ2v) is 14.2. The first-order valence-corrected chi connectivity index (χ1v) is 17.9. The normalized spacial score (nSPS) is 18.9. The van der Waals surface area contributed by atoms with Crippen LogP contribution in [-0.2, 0) is 9.53 Å². The molecular formula is C37H48N10O5. The molecule has 0 radical (unpaired) electrons. The molecule has 4 aromatic rings. The molecule has 6 rings (SSSR count). The number of nitrogens with one attached hydrogen (secondary N) is 4. The number of carbonyl (C=O) groups excluding carboxylic acids is 2. The highest BCUT2D eigenvalue weighted by Gasteiger charge is 2.37. The molecule has 0 aliphatic carbocycles. The van der Waals surface area contributed by atoms with Crippen LogP contribution in [0.15, 0.2) is 49.1 Å². The summed E-state index contributed by atoms with van der Waals surface area (Å²) < 4.78 is 4.74. The van der Waals surface area contributed by atoms with Gasteiger partial charge >= 0.3 is 12.2 Å². The van der Waals surface area contributed by atoms with E-state index < -0.39 is 18.2 Å². The van der Waals surface area contributed by atoms with Crippen molar-refractivity contribution in [2.75, 3.05) is 26.7 Å². The summed E-state index contributed by atoms with van der Waals surface area (Å²) in [6, 6.07) is 6.92. The lowest BCUT2D eigenvalue weighted by molar-refractivity contribution is -0.135. The monoisotopic (exact) mass is 712 g/mol. The van der Waals surface area contributed by atoms with E-state index in [4.69, 9.17) is 4.74 Å². The second-order valence-electron chi connectivity index (χ2n) is 14.2. The Morgan fingerprint density at radius 3 is 2.02 bits per heavy atom. The van der Waals surface area contributed by atoms with Crippen molar-refractivity contribution >= 4 is 18.1 Å². The van der Waals surface area contributed by atoms with E-state index in [1.165, 1.54) is 7.11 Å². The number of rotatable bonds is 12. The van der Waals surface area contributed by atoms with Crippen molar-refractivity contribution in [2.24, 2.45) is 11.8 Å². The summed E-state index contributed by atoms with van der Waals surface area (Å²) >= 11 is 0. The van der Waals surface area contributed by atoms with Crippen LogP contribution in [0.1, 0.15) is 77.1 Å². The summed E-state index contributed by atoms with van der Waals surface area (Å²) in [7, 11) is 1.29. The minimum absolute atomic E-state index is 0.0856. The first kappa shape index (κ1) is 36.5. The molecule has 5 N–H and O–H groups in total. The van der Waals surface area contributed by atoms with Gasteiger partial charge in [0.1, 0.15) is 17.7 Å². The minimum atomic E-state index is -1.00. The smallest absolute Gasteiger partial charge is 0.407 e. The van der Waals surface area contributed by atoms with Crippen LogP contribution < -0.4 is 10.6 Å². The summed E-state index contributed by atoms with van der Waals surface area (Å²) in [5, 5.41) is 14.6. The van der Waals surface area contributed by atoms with Gasteiger partial charge in [-0.2, -0.15) is 0 Å². The average Bonchev–Trinajstić information content (AvgIpc) is 3.97. The van der Waals surface area contributed by atoms with E-state index >= 15 is 0 Å². The molecule has 0 bridgehead atoms. The Kier molecular flexibility index (Phi) is 11.2. The summed E-state index contributed by atoms with van der Waals surface area (Å²) in [5.41, 5.74) is 4.28. The molecule has 4 atom stereocenters. The molecule has 276 valence electrons. The van der Waals surface area contributed by atoms with E-state index in [0.717, 1.165) is 66.1 Å². The van der Waals surface area contributed by atoms with Crippen molar-refractivity contribution in [3.05, 3.63) is 60.7 Å². The van der Waals surface area contributed by atoms with Crippen molar-refractivity contribution < 1.29 is 24.2 Å². The molecule has 15 nitrogen and oxygen atoms in total. The first-order chi connectivity index (χ1) is 25.0. The van der Waals surface area contributed by atoms with Gasteiger partial charge < -0.3 is 35.3 Å². The Bertz CT molecular complexity index is 1840. The fraction of sp³-hybridized carbons (Fsp3) is 0.486. The summed E-state index contributed by atoms with van der Waals surface area (Å²) in [5.74, 6) is 2.08. The van der Waals surface area contributed by atoms with Gasteiger partial charge in [-0.05, 0) is 49.6 Å². The number of H-pyrrole nitrogens is 2. The van der Waals surface area contributed by atoms with Crippen molar-refractivity contribution in [1.82, 2.24) is 50.3 Å². The second kappa shape index (κ2) is 15.9. The van der Waals surface area contributed by atoms with Crippen LogP contribution in [0.5, 0.6) is 0 Å². The lowest BCUT2D eigenvalue weighted by Crippen LogP contribution is -2.51. The Balaban J connectivity index is 1.10. The predicted octanol–water partition coefficient (Wildman–Crippen LogP) is 5.40. The number of nitrogens with zero attached hydrogens (tertiary/aromatic N) is 6. The third kappa shape index (κ3) is 8.09. The number of aromatic amines is 2. The number of likely N-dealkylation sites (tertiary alicyclic amines) is 2. The molecule has 2 aliphatic rings. The maximum absolute atomic E-state index is 13.5. The SMILES string of the molecule is COC(=O)N[C@H](C(=O)N1CCCC1c1ncc(-c2ccc(-c3ncc(-c4cnc([C@@H]5CCCN5C[C@@H](NC(=O)O)C(C)C)[nH]4)cn3)cc2)[nH]1)C(C)C. The first-order valence-electron chi connectivity index (χ1n) is 17.9. The zero-order chi connectivity index (χ0) is 36.9. The molecule has 15 heteroatoms. The van der Waals surface area contributed by atoms with Crippen LogP contribution in [0, 0.1) is 11.8 Å². The molecule has 3 aromatic heterocycles. The number of amides is 3. The summed E-state index contributed by atoms with van der Waals surface area (Å²) in [6.45, 7) is 9.95. The van der Waals surface area contributed by atoms with E-state index in [2.05, 4.69) is 45.4 Å². The van der Waals surface area contributed by atoms with Gasteiger partial charge in [0.05, 0.1) is 43.0 Å². The molecule has 1 aromatic carbocycles. The predicted molar refractivity (Wildman–Crippen MR) is 194 cm³/mol. The molecule has 0 saturated carbocycles. The standard InChI is InChI=1S/C37H48N10O5/c1-21(2)28(44-36(49)50)20-46-14-6-8-29(46)33-40-19-27(43-33)25-16-38-32(39-17-25)24-12-10-23(11-13-24)26-18-41-34(42-26)30-9-7-15-47(30)35(48)31(22(3)4)45-37(51)52-5/h10-13,16-19,21-22,28-31,44H,6-9,14-15,20H2,1-5H3,(H,40,43)(H,41,42)(H,45,51)(H,49,50)/t28-,29+,30?,31+/m1/s1. The maximum atomic E-state index is 13.5. The number of alkyl carbamates (subject to hydrolysis) is 1. The Morgan fingerprint density at radius 2 is 1.40 bits per heavy atom. The quantitative estimate of drug-likeness (QED) is 0.127. The zero-order valence-corrected chi connectivity index (χ0v) is 30.3. The van der Waals surface area contributed by atoms with Gasteiger partial charge in [0, 0.05) is 42.7 Å². The molecule has 0 spiro atoms. The van der Waals surface area contributed by atoms with Gasteiger partial charge in [0.15, 0.2) is 5.82 Å². The third-order valence-electron chi connectivity index (χ3n) is 10.1. The van der Waals surface area contributed by atoms with E-state index in [0.29, 0.717) is 24.7 Å². The summed E-state index contributed by atoms with van der Waals surface area (Å²) in [6.07, 6.45) is 9.11. The van der Waals surface area contributed by atoms with Crippen LogP contribution in [-0.4, -0.2) is 102 Å². The van der Waals surface area contributed by atoms with Crippen LogP contribution >= 0.6 is 0 Å². The van der Waals surface area contributed by atoms with Crippen molar-refractivity contribution in [3.63, 3.8) is 0 Å². The van der Waals surface area contributed by atoms with Crippen LogP contribution in [0.25, 0.3) is 33.9 Å². The van der Waals surface area contributed by atoms with Gasteiger partial charge in [-0.15, -0.1) is 0 Å². The number of aromatic nitrogens is 6. The summed E-state index contributed by atoms with van der Waals surface area (Å²) in [4.78, 5) is 66.3. The molecule has 3 amide bonds. The fourth-order valence-corrected chi connectivity index (χ4v) is 7.10. The van der Waals surface area contributed by atoms with E-state index in [1.807, 2.05) is 52.0 Å². The number of hydrogen-bond acceptors (Lipinski definition) is 9. The Hall–Kier alpha value is -5.31. The largest absolute Gasteiger partial charge is 0.465 e.